The van der Waals surface area contributed by atoms with Crippen LogP contribution in [0.1, 0.15) is 63.2 Å². The second-order valence-corrected chi connectivity index (χ2v) is 13.8. The molecule has 0 fully saturated rings. The molecule has 0 saturated heterocycles. The van der Waals surface area contributed by atoms with Gasteiger partial charge in [0.05, 0.1) is 5.25 Å². The van der Waals surface area contributed by atoms with Crippen molar-refractivity contribution in [3.05, 3.63) is 62.4 Å². The number of halogens is 1. The van der Waals surface area contributed by atoms with E-state index in [1.807, 2.05) is 11.3 Å². The molecular formula is C24H30ClNS2. The zero-order valence-corrected chi connectivity index (χ0v) is 20.0. The predicted molar refractivity (Wildman–Crippen MR) is 130 cm³/mol. The van der Waals surface area contributed by atoms with Crippen LogP contribution in [0.15, 0.2) is 51.9 Å². The van der Waals surface area contributed by atoms with Crippen molar-refractivity contribution in [3.8, 4) is 0 Å². The third-order valence-electron chi connectivity index (χ3n) is 5.78. The van der Waals surface area contributed by atoms with Crippen molar-refractivity contribution >= 4 is 48.8 Å². The Morgan fingerprint density at radius 3 is 2.57 bits per heavy atom. The quantitative estimate of drug-likeness (QED) is 0.515. The summed E-state index contributed by atoms with van der Waals surface area (Å²) in [4.78, 5) is 3.04. The molecule has 1 nitrogen and oxygen atoms in total. The molecule has 2 aliphatic carbocycles. The summed E-state index contributed by atoms with van der Waals surface area (Å²) in [5.41, 5.74) is 4.50. The first kappa shape index (κ1) is 20.3. The summed E-state index contributed by atoms with van der Waals surface area (Å²) in [5, 5.41) is 2.71. The van der Waals surface area contributed by atoms with Gasteiger partial charge < -0.3 is 0 Å². The van der Waals surface area contributed by atoms with Gasteiger partial charge in [-0.15, -0.1) is 11.3 Å². The molecule has 0 aliphatic heterocycles. The lowest BCUT2D eigenvalue weighted by Gasteiger charge is -2.50. The zero-order valence-electron chi connectivity index (χ0n) is 17.7. The molecule has 1 aromatic carbocycles. The summed E-state index contributed by atoms with van der Waals surface area (Å²) in [6, 6.07) is 8.87. The molecule has 28 heavy (non-hydrogen) atoms. The van der Waals surface area contributed by atoms with Crippen LogP contribution in [0.5, 0.6) is 0 Å². The van der Waals surface area contributed by atoms with E-state index in [0.717, 1.165) is 17.9 Å². The van der Waals surface area contributed by atoms with Crippen LogP contribution in [-0.4, -0.2) is 11.8 Å². The van der Waals surface area contributed by atoms with E-state index < -0.39 is 10.2 Å². The third-order valence-corrected chi connectivity index (χ3v) is 11.4. The molecule has 2 atom stereocenters. The van der Waals surface area contributed by atoms with E-state index in [4.69, 9.17) is 11.6 Å². The Morgan fingerprint density at radius 2 is 1.89 bits per heavy atom. The Morgan fingerprint density at radius 1 is 1.18 bits per heavy atom. The zero-order chi connectivity index (χ0) is 20.3. The van der Waals surface area contributed by atoms with Gasteiger partial charge in [-0.1, -0.05) is 41.4 Å². The van der Waals surface area contributed by atoms with Crippen molar-refractivity contribution in [1.82, 2.24) is 4.72 Å². The van der Waals surface area contributed by atoms with Gasteiger partial charge in [0.2, 0.25) is 0 Å². The summed E-state index contributed by atoms with van der Waals surface area (Å²) >= 11 is 8.47. The summed E-state index contributed by atoms with van der Waals surface area (Å²) in [6.07, 6.45) is 8.99. The summed E-state index contributed by atoms with van der Waals surface area (Å²) in [5.74, 6) is 0. The fourth-order valence-corrected chi connectivity index (χ4v) is 11.2. The van der Waals surface area contributed by atoms with Gasteiger partial charge in [-0.3, -0.25) is 4.72 Å². The molecule has 4 rings (SSSR count). The van der Waals surface area contributed by atoms with Crippen molar-refractivity contribution in [2.75, 3.05) is 6.26 Å². The van der Waals surface area contributed by atoms with Crippen LogP contribution in [-0.2, 0) is 0 Å². The van der Waals surface area contributed by atoms with Crippen LogP contribution >= 0.6 is 33.2 Å². The highest BCUT2D eigenvalue weighted by Crippen LogP contribution is 2.70. The van der Waals surface area contributed by atoms with Gasteiger partial charge in [0.1, 0.15) is 0 Å². The Labute approximate surface area is 180 Å². The average molecular weight is 432 g/mol. The van der Waals surface area contributed by atoms with Crippen molar-refractivity contribution in [2.45, 2.75) is 58.2 Å². The van der Waals surface area contributed by atoms with Crippen LogP contribution in [0, 0.1) is 0 Å². The average Bonchev–Trinajstić information content (AvgIpc) is 3.09. The largest absolute Gasteiger partial charge is 0.271 e. The first-order chi connectivity index (χ1) is 13.1. The molecule has 150 valence electrons. The molecule has 0 saturated carbocycles. The highest BCUT2D eigenvalue weighted by atomic mass is 35.5. The van der Waals surface area contributed by atoms with E-state index in [-0.39, 0.29) is 5.54 Å². The van der Waals surface area contributed by atoms with E-state index in [9.17, 15) is 0 Å². The van der Waals surface area contributed by atoms with Crippen LogP contribution in [0.3, 0.4) is 0 Å². The summed E-state index contributed by atoms with van der Waals surface area (Å²) in [7, 11) is -1.31. The van der Waals surface area contributed by atoms with E-state index >= 15 is 0 Å². The van der Waals surface area contributed by atoms with Crippen molar-refractivity contribution < 1.29 is 0 Å². The van der Waals surface area contributed by atoms with Gasteiger partial charge in [0.25, 0.3) is 0 Å². The van der Waals surface area contributed by atoms with Gasteiger partial charge in [0.15, 0.2) is 0 Å². The standard InChI is InChI=1S/C24H30ClNS2/c1-15-16(2)23(22-21(15)19-12-7-8-13-20(19)27-22)28(6,26-24(3,4)5)18-11-9-10-17(25)14-18/h7-8,10,12-14,23,26H,9,11H2,1-6H3. The minimum absolute atomic E-state index is 0.0339. The lowest BCUT2D eigenvalue weighted by molar-refractivity contribution is 0.529. The van der Waals surface area contributed by atoms with Crippen LogP contribution in [0.4, 0.5) is 0 Å². The number of rotatable bonds is 3. The number of allylic oxidation sites excluding steroid dienone is 5. The molecule has 0 amide bonds. The van der Waals surface area contributed by atoms with E-state index in [0.29, 0.717) is 5.25 Å². The van der Waals surface area contributed by atoms with E-state index in [1.165, 1.54) is 36.6 Å². The number of nitrogens with one attached hydrogen (secondary N) is 1. The van der Waals surface area contributed by atoms with Gasteiger partial charge in [-0.25, -0.2) is 0 Å². The highest BCUT2D eigenvalue weighted by molar-refractivity contribution is 8.35. The normalized spacial score (nSPS) is 23.3. The number of benzene rings is 1. The molecule has 1 N–H and O–H groups in total. The lowest BCUT2D eigenvalue weighted by Crippen LogP contribution is -2.40. The molecule has 2 aliphatic rings. The first-order valence-electron chi connectivity index (χ1n) is 9.93. The van der Waals surface area contributed by atoms with Crippen molar-refractivity contribution in [2.24, 2.45) is 0 Å². The summed E-state index contributed by atoms with van der Waals surface area (Å²) in [6.45, 7) is 11.5. The maximum atomic E-state index is 6.49. The predicted octanol–water partition coefficient (Wildman–Crippen LogP) is 8.29. The van der Waals surface area contributed by atoms with Crippen LogP contribution in [0.25, 0.3) is 15.7 Å². The number of hydrogen-bond donors (Lipinski definition) is 1. The molecule has 4 heteroatoms. The maximum Gasteiger partial charge on any atom is 0.0602 e. The van der Waals surface area contributed by atoms with Crippen molar-refractivity contribution in [1.29, 1.82) is 0 Å². The molecule has 0 bridgehead atoms. The Bertz CT molecular complexity index is 1030. The highest BCUT2D eigenvalue weighted by Gasteiger charge is 2.43. The number of hydrogen-bond acceptors (Lipinski definition) is 2. The Kier molecular flexibility index (Phi) is 5.11. The summed E-state index contributed by atoms with van der Waals surface area (Å²) < 4.78 is 5.50. The second-order valence-electron chi connectivity index (χ2n) is 9.10. The fraction of sp³-hybridized carbons (Fsp3) is 0.417. The van der Waals surface area contributed by atoms with Crippen molar-refractivity contribution in [3.63, 3.8) is 0 Å². The molecule has 1 heterocycles. The lowest BCUT2D eigenvalue weighted by atomic mass is 10.1. The Balaban J connectivity index is 1.94. The molecule has 2 unspecified atom stereocenters. The third kappa shape index (κ3) is 3.31. The van der Waals surface area contributed by atoms with Gasteiger partial charge in [0, 0.05) is 31.1 Å². The van der Waals surface area contributed by atoms with Crippen LogP contribution < -0.4 is 4.72 Å². The topological polar surface area (TPSA) is 12.0 Å². The van der Waals surface area contributed by atoms with Gasteiger partial charge in [-0.2, -0.15) is 10.2 Å². The van der Waals surface area contributed by atoms with E-state index in [2.05, 4.69) is 82.0 Å². The molecule has 2 aromatic rings. The van der Waals surface area contributed by atoms with Gasteiger partial charge >= 0.3 is 0 Å². The number of fused-ring (bicyclic) bond motifs is 3. The maximum absolute atomic E-state index is 6.49. The first-order valence-corrected chi connectivity index (χ1v) is 13.2. The SMILES string of the molecule is CC1=C(C)C(S(C)(NC(C)(C)C)C2=CC(Cl)=CCC2)c2sc3ccccc3c21. The Hall–Kier alpha value is -1.00. The second kappa shape index (κ2) is 7.05. The van der Waals surface area contributed by atoms with E-state index in [1.54, 1.807) is 0 Å². The monoisotopic (exact) mass is 431 g/mol. The molecule has 0 spiro atoms. The smallest absolute Gasteiger partial charge is 0.0602 e. The minimum Gasteiger partial charge on any atom is -0.271 e. The molecule has 0 radical (unpaired) electrons. The number of thiophene rings is 1. The fourth-order valence-electron chi connectivity index (χ4n) is 4.68. The molecular weight excluding hydrogens is 402 g/mol. The van der Waals surface area contributed by atoms with Gasteiger partial charge in [-0.05, 0) is 76.3 Å². The molecule has 1 aromatic heterocycles. The minimum atomic E-state index is -1.31. The van der Waals surface area contributed by atoms with Crippen LogP contribution in [0.2, 0.25) is 0 Å².